The van der Waals surface area contributed by atoms with Crippen LogP contribution in [0.2, 0.25) is 0 Å². The topological polar surface area (TPSA) is 209 Å². The van der Waals surface area contributed by atoms with Gasteiger partial charge in [0.25, 0.3) is 5.56 Å². The zero-order valence-electron chi connectivity index (χ0n) is 35.7. The molecule has 2 saturated heterocycles. The second kappa shape index (κ2) is 14.7. The Labute approximate surface area is 292 Å². The zero-order chi connectivity index (χ0) is 38.8. The lowest BCUT2D eigenvalue weighted by atomic mass is 9.86. The highest BCUT2D eigenvalue weighted by Crippen LogP contribution is 2.41. The molecule has 14 heteroatoms. The molecule has 0 spiro atoms. The molecule has 3 aromatic rings. The number of carbonyl (C=O) groups excluding carboxylic acids is 2. The highest BCUT2D eigenvalue weighted by Gasteiger charge is 2.45. The van der Waals surface area contributed by atoms with Gasteiger partial charge in [0.2, 0.25) is 0 Å². The fraction of sp³-hybridized carbons (Fsp3) is 0.515. The van der Waals surface area contributed by atoms with E-state index in [9.17, 15) is 19.5 Å². The molecule has 2 fully saturated rings. The van der Waals surface area contributed by atoms with Crippen molar-refractivity contribution in [2.75, 3.05) is 26.1 Å². The number of nitrogens with zero attached hydrogens (tertiary/aromatic N) is 4. The third kappa shape index (κ3) is 6.23. The first-order valence-corrected chi connectivity index (χ1v) is 14.5. The van der Waals surface area contributed by atoms with Crippen LogP contribution < -0.4 is 10.3 Å². The van der Waals surface area contributed by atoms with Gasteiger partial charge in [0.1, 0.15) is 12.4 Å². The number of halogens is 1. The molecular weight excluding hydrogens is 632 g/mol. The third-order valence-corrected chi connectivity index (χ3v) is 8.90. The van der Waals surface area contributed by atoms with E-state index < -0.39 is 55.8 Å². The number of carbonyl (C=O) groups is 2. The molecular formula is C33H45ClN4O9. The van der Waals surface area contributed by atoms with E-state index >= 15 is 0 Å². The summed E-state index contributed by atoms with van der Waals surface area (Å²) in [5.74, 6) is -0.616. The number of cyclic esters (lactones) is 1. The first-order valence-electron chi connectivity index (χ1n) is 19.5. The van der Waals surface area contributed by atoms with Gasteiger partial charge in [-0.15, -0.1) is 12.4 Å². The van der Waals surface area contributed by atoms with Crippen molar-refractivity contribution in [3.8, 4) is 17.1 Å². The summed E-state index contributed by atoms with van der Waals surface area (Å²) in [6.45, 7) is -3.02. The number of hydrogen-bond acceptors (Lipinski definition) is 8. The minimum atomic E-state index is -3.50. The van der Waals surface area contributed by atoms with Crippen LogP contribution in [0.1, 0.15) is 88.2 Å². The zero-order valence-corrected chi connectivity index (χ0v) is 26.5. The van der Waals surface area contributed by atoms with Gasteiger partial charge in [0, 0.05) is 49.4 Å². The van der Waals surface area contributed by atoms with Crippen molar-refractivity contribution in [3.63, 3.8) is 0 Å². The first-order chi connectivity index (χ1) is 24.6. The molecule has 0 bridgehead atoms. The second-order valence-electron chi connectivity index (χ2n) is 11.1. The molecule has 4 aliphatic heterocycles. The lowest BCUT2D eigenvalue weighted by molar-refractivity contribution is -0.172. The van der Waals surface area contributed by atoms with Gasteiger partial charge in [0.05, 0.1) is 29.0 Å². The summed E-state index contributed by atoms with van der Waals surface area (Å²) in [4.78, 5) is 46.2. The van der Waals surface area contributed by atoms with Crippen LogP contribution in [0.3, 0.4) is 0 Å². The van der Waals surface area contributed by atoms with Gasteiger partial charge >= 0.3 is 12.1 Å². The number of benzene rings is 1. The standard InChI is InChI=1S/C33H38N4O6.ClH.3H2O/c1-3-22-23-16-21(43-32(40)36-14-10-20(11-15-36)35-12-6-5-7-13-35)8-9-27(23)34-29-24(22)18-37-28(29)17-26-25(30(37)38)19-42-31(39)33(26,41)4-2;;;;/h8-9,16-17,20,41H,3-7,10-15,18-19H2,1-2H3;1H;3*1H2/t33-;;;;/m1..../s1/i5D2,6D2,7D2,12D2,13D2;;;;. The van der Waals surface area contributed by atoms with Crippen molar-refractivity contribution in [2.45, 2.75) is 83.4 Å². The molecule has 0 radical (unpaired) electrons. The van der Waals surface area contributed by atoms with Crippen molar-refractivity contribution in [2.24, 2.45) is 0 Å². The van der Waals surface area contributed by atoms with E-state index in [1.165, 1.54) is 4.90 Å². The highest BCUT2D eigenvalue weighted by atomic mass is 35.5. The maximum Gasteiger partial charge on any atom is 0.415 e. The normalized spacial score (nSPS) is 28.8. The van der Waals surface area contributed by atoms with Crippen molar-refractivity contribution >= 4 is 35.4 Å². The predicted molar refractivity (Wildman–Crippen MR) is 178 cm³/mol. The van der Waals surface area contributed by atoms with E-state index in [-0.39, 0.29) is 96.8 Å². The van der Waals surface area contributed by atoms with Crippen molar-refractivity contribution in [1.82, 2.24) is 19.4 Å². The number of hydrogen-bond donors (Lipinski definition) is 1. The van der Waals surface area contributed by atoms with Crippen LogP contribution in [0.5, 0.6) is 5.75 Å². The Morgan fingerprint density at radius 3 is 2.45 bits per heavy atom. The summed E-state index contributed by atoms with van der Waals surface area (Å²) in [5, 5.41) is 11.9. The molecule has 258 valence electrons. The van der Waals surface area contributed by atoms with Gasteiger partial charge < -0.3 is 45.4 Å². The number of piperidine rings is 2. The number of aryl methyl sites for hydroxylation is 1. The predicted octanol–water partition coefficient (Wildman–Crippen LogP) is 2.04. The molecule has 0 aliphatic carbocycles. The maximum absolute atomic E-state index is 13.6. The number of aliphatic hydroxyl groups is 1. The Balaban J connectivity index is 0.00000218. The quantitative estimate of drug-likeness (QED) is 0.313. The third-order valence-electron chi connectivity index (χ3n) is 8.90. The Bertz CT molecular complexity index is 2120. The minimum Gasteiger partial charge on any atom is -0.458 e. The number of likely N-dealkylation sites (tertiary alicyclic amines) is 2. The van der Waals surface area contributed by atoms with Gasteiger partial charge in [-0.3, -0.25) is 4.79 Å². The molecule has 6 heterocycles. The average molecular weight is 687 g/mol. The second-order valence-corrected chi connectivity index (χ2v) is 11.1. The Morgan fingerprint density at radius 2 is 1.79 bits per heavy atom. The van der Waals surface area contributed by atoms with Gasteiger partial charge in [-0.05, 0) is 81.3 Å². The van der Waals surface area contributed by atoms with Crippen molar-refractivity contribution < 1.29 is 54.3 Å². The van der Waals surface area contributed by atoms with E-state index in [1.54, 1.807) is 35.8 Å². The number of rotatable bonds is 4. The SMILES string of the molecule is Cl.O.O.O.[2H]C1([2H])N(C2CCN(C(=O)Oc3ccc4nc5c(c(CC)c4c3)Cn3c-5cc4c(c3=O)COC(=O)[C@@]4(O)CC)CC2)C([2H])([2H])C([2H])([2H])C([2H])([2H])C1([2H])[2H]. The number of aromatic nitrogens is 2. The summed E-state index contributed by atoms with van der Waals surface area (Å²) in [7, 11) is 0. The smallest absolute Gasteiger partial charge is 0.415 e. The van der Waals surface area contributed by atoms with Crippen LogP contribution in [-0.4, -0.2) is 85.1 Å². The highest BCUT2D eigenvalue weighted by molar-refractivity contribution is 5.90. The van der Waals surface area contributed by atoms with E-state index in [0.717, 1.165) is 11.1 Å². The van der Waals surface area contributed by atoms with Crippen LogP contribution in [0, 0.1) is 0 Å². The van der Waals surface area contributed by atoms with E-state index in [1.807, 2.05) is 6.92 Å². The Morgan fingerprint density at radius 1 is 1.09 bits per heavy atom. The van der Waals surface area contributed by atoms with Gasteiger partial charge in [-0.2, -0.15) is 0 Å². The van der Waals surface area contributed by atoms with Gasteiger partial charge in [0.15, 0.2) is 5.60 Å². The van der Waals surface area contributed by atoms with Crippen LogP contribution in [-0.2, 0) is 34.7 Å². The van der Waals surface area contributed by atoms with Crippen LogP contribution in [0.4, 0.5) is 4.79 Å². The van der Waals surface area contributed by atoms with E-state index in [0.29, 0.717) is 33.6 Å². The summed E-state index contributed by atoms with van der Waals surface area (Å²) in [5.41, 5.74) is 1.28. The molecule has 1 aromatic carbocycles. The molecule has 7 N–H and O–H groups in total. The number of pyridine rings is 2. The van der Waals surface area contributed by atoms with E-state index in [4.69, 9.17) is 28.2 Å². The Hall–Kier alpha value is -3.59. The molecule has 2 aromatic heterocycles. The van der Waals surface area contributed by atoms with Crippen LogP contribution in [0.25, 0.3) is 22.3 Å². The van der Waals surface area contributed by atoms with Gasteiger partial charge in [-0.1, -0.05) is 20.2 Å². The number of fused-ring (bicyclic) bond motifs is 5. The van der Waals surface area contributed by atoms with Crippen molar-refractivity contribution in [3.05, 3.63) is 56.9 Å². The summed E-state index contributed by atoms with van der Waals surface area (Å²) < 4.78 is 95.3. The molecule has 0 unspecified atom stereocenters. The summed E-state index contributed by atoms with van der Waals surface area (Å²) in [6.07, 6.45) is -10.6. The molecule has 47 heavy (non-hydrogen) atoms. The lowest BCUT2D eigenvalue weighted by Gasteiger charge is -2.39. The molecule has 1 atom stereocenters. The fourth-order valence-electron chi connectivity index (χ4n) is 6.50. The van der Waals surface area contributed by atoms with Crippen LogP contribution in [0.15, 0.2) is 29.1 Å². The number of amides is 1. The first kappa shape index (κ1) is 25.4. The maximum atomic E-state index is 13.6. The van der Waals surface area contributed by atoms with E-state index in [2.05, 4.69) is 0 Å². The molecule has 7 rings (SSSR count). The van der Waals surface area contributed by atoms with Crippen molar-refractivity contribution in [1.29, 1.82) is 0 Å². The summed E-state index contributed by atoms with van der Waals surface area (Å²) in [6, 6.07) is 5.48. The fourth-order valence-corrected chi connectivity index (χ4v) is 6.50. The van der Waals surface area contributed by atoms with Crippen LogP contribution >= 0.6 is 12.4 Å². The minimum absolute atomic E-state index is 0. The molecule has 0 saturated carbocycles. The Kier molecular flexibility index (Phi) is 7.94. The largest absolute Gasteiger partial charge is 0.458 e. The number of ether oxygens (including phenoxy) is 2. The molecule has 4 aliphatic rings. The lowest BCUT2D eigenvalue weighted by Crippen LogP contribution is -2.48. The molecule has 1 amide bonds. The average Bonchev–Trinajstić information content (AvgIpc) is 3.46. The monoisotopic (exact) mass is 686 g/mol. The summed E-state index contributed by atoms with van der Waals surface area (Å²) >= 11 is 0. The van der Waals surface area contributed by atoms with Gasteiger partial charge in [-0.25, -0.2) is 14.6 Å². The number of esters is 1. The molecule has 13 nitrogen and oxygen atoms in total.